The van der Waals surface area contributed by atoms with E-state index in [0.717, 1.165) is 67.8 Å². The summed E-state index contributed by atoms with van der Waals surface area (Å²) >= 11 is 1.70. The zero-order valence-corrected chi connectivity index (χ0v) is 21.5. The molecule has 1 aromatic heterocycles. The molecule has 2 saturated heterocycles. The number of imidazole rings is 1. The van der Waals surface area contributed by atoms with Gasteiger partial charge in [-0.3, -0.25) is 4.90 Å². The largest absolute Gasteiger partial charge is 0.379 e. The summed E-state index contributed by atoms with van der Waals surface area (Å²) in [4.78, 5) is 7.63. The highest BCUT2D eigenvalue weighted by Gasteiger charge is 2.27. The summed E-state index contributed by atoms with van der Waals surface area (Å²) in [6.07, 6.45) is 0.998. The van der Waals surface area contributed by atoms with Gasteiger partial charge in [-0.1, -0.05) is 42.1 Å². The molecule has 3 heterocycles. The molecule has 0 atom stereocenters. The molecule has 0 spiro atoms. The Kier molecular flexibility index (Phi) is 8.06. The molecule has 2 fully saturated rings. The first kappa shape index (κ1) is 24.7. The van der Waals surface area contributed by atoms with Crippen LogP contribution in [0.4, 0.5) is 0 Å². The first-order chi connectivity index (χ1) is 17.1. The summed E-state index contributed by atoms with van der Waals surface area (Å²) in [5.74, 6) is 0.812. The van der Waals surface area contributed by atoms with Crippen molar-refractivity contribution in [2.24, 2.45) is 0 Å². The van der Waals surface area contributed by atoms with Gasteiger partial charge in [-0.25, -0.2) is 13.4 Å². The van der Waals surface area contributed by atoms with E-state index in [1.165, 1.54) is 9.87 Å². The number of hydrogen-bond acceptors (Lipinski definition) is 7. The van der Waals surface area contributed by atoms with Crippen molar-refractivity contribution in [1.82, 2.24) is 18.8 Å². The third-order valence-electron chi connectivity index (χ3n) is 6.46. The smallest absolute Gasteiger partial charge is 0.243 e. The van der Waals surface area contributed by atoms with Crippen LogP contribution in [0.3, 0.4) is 0 Å². The minimum atomic E-state index is -3.57. The van der Waals surface area contributed by atoms with Crippen LogP contribution in [0.25, 0.3) is 11.0 Å². The number of morpholine rings is 2. The average molecular weight is 517 g/mol. The topological polar surface area (TPSA) is 76.9 Å². The van der Waals surface area contributed by atoms with Crippen LogP contribution in [0, 0.1) is 0 Å². The van der Waals surface area contributed by atoms with Gasteiger partial charge in [-0.05, 0) is 30.2 Å². The van der Waals surface area contributed by atoms with Gasteiger partial charge >= 0.3 is 0 Å². The molecular weight excluding hydrogens is 484 g/mol. The number of benzene rings is 2. The number of thioether (sulfide) groups is 1. The lowest BCUT2D eigenvalue weighted by molar-refractivity contribution is 0.0369. The van der Waals surface area contributed by atoms with Crippen LogP contribution >= 0.6 is 11.8 Å². The second kappa shape index (κ2) is 11.4. The zero-order chi connectivity index (χ0) is 24.1. The Bertz CT molecular complexity index is 1220. The number of nitrogens with zero attached hydrogens (tertiary/aromatic N) is 4. The summed E-state index contributed by atoms with van der Waals surface area (Å²) in [5.41, 5.74) is 2.93. The molecule has 2 aliphatic heterocycles. The van der Waals surface area contributed by atoms with E-state index in [2.05, 4.69) is 21.6 Å². The normalized spacial score (nSPS) is 18.3. The number of sulfonamides is 1. The summed E-state index contributed by atoms with van der Waals surface area (Å²) in [6, 6.07) is 15.7. The van der Waals surface area contributed by atoms with Crippen molar-refractivity contribution >= 4 is 32.8 Å². The Morgan fingerprint density at radius 1 is 0.886 bits per heavy atom. The highest BCUT2D eigenvalue weighted by atomic mass is 32.2. The van der Waals surface area contributed by atoms with E-state index in [1.807, 2.05) is 24.3 Å². The van der Waals surface area contributed by atoms with Gasteiger partial charge in [0.05, 0.1) is 42.4 Å². The van der Waals surface area contributed by atoms with Gasteiger partial charge in [0.1, 0.15) is 0 Å². The molecule has 35 heavy (non-hydrogen) atoms. The first-order valence-corrected chi connectivity index (χ1v) is 14.6. The van der Waals surface area contributed by atoms with Crippen LogP contribution < -0.4 is 0 Å². The molecule has 0 bridgehead atoms. The Balaban J connectivity index is 1.39. The van der Waals surface area contributed by atoms with Crippen LogP contribution in [0.15, 0.2) is 58.6 Å². The maximum Gasteiger partial charge on any atom is 0.243 e. The predicted molar refractivity (Wildman–Crippen MR) is 137 cm³/mol. The first-order valence-electron chi connectivity index (χ1n) is 12.2. The van der Waals surface area contributed by atoms with E-state index in [4.69, 9.17) is 14.5 Å². The van der Waals surface area contributed by atoms with E-state index in [1.54, 1.807) is 23.9 Å². The Morgan fingerprint density at radius 2 is 1.60 bits per heavy atom. The monoisotopic (exact) mass is 516 g/mol. The number of hydrogen-bond donors (Lipinski definition) is 0. The zero-order valence-electron chi connectivity index (χ0n) is 19.8. The molecule has 0 aliphatic carbocycles. The maximum absolute atomic E-state index is 13.2. The standard InChI is InChI=1S/C25H32N4O4S2/c30-35(31,28-13-17-33-18-14-28)22-7-8-24-23(19-22)26-25(34-20-21-5-2-1-3-6-21)29(24)10-4-9-27-11-15-32-16-12-27/h1-3,5-8,19H,4,9-18,20H2. The average Bonchev–Trinajstić information content (AvgIpc) is 3.26. The van der Waals surface area contributed by atoms with E-state index in [0.29, 0.717) is 31.2 Å². The molecule has 0 amide bonds. The van der Waals surface area contributed by atoms with Crippen molar-refractivity contribution in [3.05, 3.63) is 54.1 Å². The Hall–Kier alpha value is -1.95. The van der Waals surface area contributed by atoms with Crippen LogP contribution in [-0.2, 0) is 31.8 Å². The molecule has 0 radical (unpaired) electrons. The van der Waals surface area contributed by atoms with Gasteiger partial charge in [0, 0.05) is 45.0 Å². The molecule has 2 aliphatic rings. The van der Waals surface area contributed by atoms with Crippen molar-refractivity contribution in [3.63, 3.8) is 0 Å². The number of fused-ring (bicyclic) bond motifs is 1. The third-order valence-corrected chi connectivity index (χ3v) is 9.41. The molecular formula is C25H32N4O4S2. The van der Waals surface area contributed by atoms with E-state index >= 15 is 0 Å². The molecule has 5 rings (SSSR count). The quantitative estimate of drug-likeness (QED) is 0.405. The van der Waals surface area contributed by atoms with Gasteiger partial charge in [-0.2, -0.15) is 4.31 Å². The minimum absolute atomic E-state index is 0.296. The molecule has 0 unspecified atom stereocenters. The molecule has 0 saturated carbocycles. The van der Waals surface area contributed by atoms with E-state index < -0.39 is 10.0 Å². The highest BCUT2D eigenvalue weighted by molar-refractivity contribution is 7.98. The lowest BCUT2D eigenvalue weighted by atomic mass is 10.2. The summed E-state index contributed by atoms with van der Waals surface area (Å²) in [7, 11) is -3.57. The molecule has 0 N–H and O–H groups in total. The highest BCUT2D eigenvalue weighted by Crippen LogP contribution is 2.29. The molecule has 8 nitrogen and oxygen atoms in total. The van der Waals surface area contributed by atoms with Crippen LogP contribution in [0.5, 0.6) is 0 Å². The second-order valence-corrected chi connectivity index (χ2v) is 11.7. The molecule has 2 aromatic carbocycles. The third kappa shape index (κ3) is 5.90. The second-order valence-electron chi connectivity index (χ2n) is 8.79. The fourth-order valence-corrected chi connectivity index (χ4v) is 6.93. The van der Waals surface area contributed by atoms with Gasteiger partial charge in [0.25, 0.3) is 0 Å². The Labute approximate surface area is 211 Å². The molecule has 10 heteroatoms. The van der Waals surface area contributed by atoms with Crippen molar-refractivity contribution in [2.45, 2.75) is 28.8 Å². The lowest BCUT2D eigenvalue weighted by Gasteiger charge is -2.26. The number of ether oxygens (including phenoxy) is 2. The van der Waals surface area contributed by atoms with Gasteiger partial charge in [-0.15, -0.1) is 0 Å². The van der Waals surface area contributed by atoms with Crippen molar-refractivity contribution in [3.8, 4) is 0 Å². The number of aryl methyl sites for hydroxylation is 1. The summed E-state index contributed by atoms with van der Waals surface area (Å²) in [6.45, 7) is 7.02. The van der Waals surface area contributed by atoms with E-state index in [-0.39, 0.29) is 0 Å². The van der Waals surface area contributed by atoms with Crippen LogP contribution in [0.2, 0.25) is 0 Å². The van der Waals surface area contributed by atoms with Crippen molar-refractivity contribution in [2.75, 3.05) is 59.2 Å². The van der Waals surface area contributed by atoms with Gasteiger partial charge < -0.3 is 14.0 Å². The Morgan fingerprint density at radius 3 is 2.34 bits per heavy atom. The van der Waals surface area contributed by atoms with Crippen LogP contribution in [-0.4, -0.2) is 86.3 Å². The number of rotatable bonds is 9. The van der Waals surface area contributed by atoms with Gasteiger partial charge in [0.2, 0.25) is 10.0 Å². The predicted octanol–water partition coefficient (Wildman–Crippen LogP) is 3.07. The van der Waals surface area contributed by atoms with Crippen molar-refractivity contribution in [1.29, 1.82) is 0 Å². The summed E-state index contributed by atoms with van der Waals surface area (Å²) < 4.78 is 40.9. The molecule has 188 valence electrons. The van der Waals surface area contributed by atoms with E-state index in [9.17, 15) is 8.42 Å². The fourth-order valence-electron chi connectivity index (χ4n) is 4.51. The summed E-state index contributed by atoms with van der Waals surface area (Å²) in [5, 5.41) is 0.923. The number of aromatic nitrogens is 2. The van der Waals surface area contributed by atoms with Crippen molar-refractivity contribution < 1.29 is 17.9 Å². The lowest BCUT2D eigenvalue weighted by Crippen LogP contribution is -2.40. The van der Waals surface area contributed by atoms with Crippen LogP contribution in [0.1, 0.15) is 12.0 Å². The fraction of sp³-hybridized carbons (Fsp3) is 0.480. The molecule has 3 aromatic rings. The van der Waals surface area contributed by atoms with Gasteiger partial charge in [0.15, 0.2) is 5.16 Å². The maximum atomic E-state index is 13.2. The SMILES string of the molecule is O=S(=O)(c1ccc2c(c1)nc(SCc1ccccc1)n2CCCN1CCOCC1)N1CCOCC1. The minimum Gasteiger partial charge on any atom is -0.379 e.